The van der Waals surface area contributed by atoms with Gasteiger partial charge in [0.2, 0.25) is 0 Å². The highest BCUT2D eigenvalue weighted by Crippen LogP contribution is 2.59. The van der Waals surface area contributed by atoms with Crippen LogP contribution in [0.1, 0.15) is 64.4 Å². The maximum absolute atomic E-state index is 12.7. The van der Waals surface area contributed by atoms with E-state index in [9.17, 15) is 18.6 Å². The molecule has 35 heavy (non-hydrogen) atoms. The summed E-state index contributed by atoms with van der Waals surface area (Å²) in [4.78, 5) is 0.210. The molecule has 0 aliphatic heterocycles. The SMILES string of the molecule is C=C1/C(=C\C=C2/CCC[C@]3(C)[C@@H]([C@@H](C)COS(=O)(=O)c4ccc(C)cc4)CC[C@@H]23)C[C@@H](O)C[C@@H]1O. The van der Waals surface area contributed by atoms with Gasteiger partial charge in [0.15, 0.2) is 0 Å². The summed E-state index contributed by atoms with van der Waals surface area (Å²) >= 11 is 0. The third-order valence-corrected chi connectivity index (χ3v) is 10.1. The van der Waals surface area contributed by atoms with Gasteiger partial charge in [0.1, 0.15) is 0 Å². The molecule has 0 saturated heterocycles. The Kier molecular flexibility index (Phi) is 7.77. The van der Waals surface area contributed by atoms with Gasteiger partial charge >= 0.3 is 0 Å². The first-order valence-electron chi connectivity index (χ1n) is 12.9. The van der Waals surface area contributed by atoms with E-state index in [1.165, 1.54) is 5.57 Å². The number of aryl methyl sites for hydroxylation is 1. The first kappa shape index (κ1) is 26.3. The molecule has 5 nitrogen and oxygen atoms in total. The average Bonchev–Trinajstić information content (AvgIpc) is 3.17. The molecule has 0 amide bonds. The molecule has 0 aromatic heterocycles. The number of benzene rings is 1. The van der Waals surface area contributed by atoms with Crippen molar-refractivity contribution < 1.29 is 22.8 Å². The Bertz CT molecular complexity index is 1100. The molecule has 3 aliphatic carbocycles. The fraction of sp³-hybridized carbons (Fsp3) is 0.586. The number of fused-ring (bicyclic) bond motifs is 1. The molecule has 0 heterocycles. The normalized spacial score (nSPS) is 34.8. The minimum atomic E-state index is -3.77. The zero-order valence-corrected chi connectivity index (χ0v) is 22.1. The molecule has 2 N–H and O–H groups in total. The summed E-state index contributed by atoms with van der Waals surface area (Å²) in [5.41, 5.74) is 4.21. The standard InChI is InChI=1S/C29H40O5S/c1-19-7-11-25(12-8-19)35(32,33)34-18-20(2)26-13-14-27-22(6-5-15-29(26,27)4)9-10-23-16-24(30)17-28(31)21(23)3/h7-12,20,24,26-28,30-31H,3,5-6,13-18H2,1-2,4H3/b22-9+,23-10-/t20-,24+,26+,27-,28-,29+/m0/s1. The van der Waals surface area contributed by atoms with E-state index >= 15 is 0 Å². The van der Waals surface area contributed by atoms with E-state index in [1.54, 1.807) is 24.3 Å². The predicted molar refractivity (Wildman–Crippen MR) is 138 cm³/mol. The Hall–Kier alpha value is -1.73. The Morgan fingerprint density at radius 1 is 1.20 bits per heavy atom. The minimum Gasteiger partial charge on any atom is -0.393 e. The maximum atomic E-state index is 12.7. The van der Waals surface area contributed by atoms with E-state index in [4.69, 9.17) is 4.18 Å². The van der Waals surface area contributed by atoms with Crippen LogP contribution < -0.4 is 0 Å². The van der Waals surface area contributed by atoms with E-state index in [-0.39, 0.29) is 22.8 Å². The molecule has 0 unspecified atom stereocenters. The van der Waals surface area contributed by atoms with Crippen molar-refractivity contribution in [2.75, 3.05) is 6.61 Å². The molecule has 6 atom stereocenters. The van der Waals surface area contributed by atoms with Gasteiger partial charge in [-0.3, -0.25) is 4.18 Å². The number of rotatable bonds is 6. The lowest BCUT2D eigenvalue weighted by Gasteiger charge is -2.44. The fourth-order valence-electron chi connectivity index (χ4n) is 6.77. The highest BCUT2D eigenvalue weighted by atomic mass is 32.2. The van der Waals surface area contributed by atoms with Crippen LogP contribution in [0.4, 0.5) is 0 Å². The molecule has 3 fully saturated rings. The molecule has 3 saturated carbocycles. The van der Waals surface area contributed by atoms with Gasteiger partial charge in [-0.2, -0.15) is 8.42 Å². The van der Waals surface area contributed by atoms with Crippen LogP contribution in [0.25, 0.3) is 0 Å². The van der Waals surface area contributed by atoms with Gasteiger partial charge in [-0.25, -0.2) is 0 Å². The van der Waals surface area contributed by atoms with Crippen molar-refractivity contribution in [3.63, 3.8) is 0 Å². The molecule has 192 valence electrons. The van der Waals surface area contributed by atoms with Crippen molar-refractivity contribution >= 4 is 10.1 Å². The highest BCUT2D eigenvalue weighted by molar-refractivity contribution is 7.86. The molecule has 0 spiro atoms. The smallest absolute Gasteiger partial charge is 0.296 e. The molecule has 3 aliphatic rings. The van der Waals surface area contributed by atoms with Crippen LogP contribution in [0.5, 0.6) is 0 Å². The van der Waals surface area contributed by atoms with Crippen LogP contribution in [0, 0.1) is 30.1 Å². The van der Waals surface area contributed by atoms with E-state index < -0.39 is 22.3 Å². The lowest BCUT2D eigenvalue weighted by molar-refractivity contribution is 0.0760. The van der Waals surface area contributed by atoms with Gasteiger partial charge in [-0.05, 0) is 91.9 Å². The number of allylic oxidation sites excluding steroid dienone is 3. The largest absolute Gasteiger partial charge is 0.393 e. The maximum Gasteiger partial charge on any atom is 0.296 e. The van der Waals surface area contributed by atoms with E-state index in [1.807, 2.05) is 6.92 Å². The fourth-order valence-corrected chi connectivity index (χ4v) is 7.76. The quantitative estimate of drug-likeness (QED) is 0.506. The summed E-state index contributed by atoms with van der Waals surface area (Å²) < 4.78 is 30.9. The van der Waals surface area contributed by atoms with Crippen molar-refractivity contribution in [3.05, 3.63) is 65.3 Å². The molecular weight excluding hydrogens is 460 g/mol. The third-order valence-electron chi connectivity index (χ3n) is 8.78. The van der Waals surface area contributed by atoms with Crippen molar-refractivity contribution in [1.82, 2.24) is 0 Å². The van der Waals surface area contributed by atoms with E-state index in [0.717, 1.165) is 48.8 Å². The van der Waals surface area contributed by atoms with Gasteiger partial charge in [0, 0.05) is 6.42 Å². The van der Waals surface area contributed by atoms with Crippen molar-refractivity contribution in [1.29, 1.82) is 0 Å². The summed E-state index contributed by atoms with van der Waals surface area (Å²) in [5.74, 6) is 0.984. The van der Waals surface area contributed by atoms with Crippen LogP contribution >= 0.6 is 0 Å². The zero-order valence-electron chi connectivity index (χ0n) is 21.2. The van der Waals surface area contributed by atoms with Gasteiger partial charge in [0.05, 0.1) is 23.7 Å². The lowest BCUT2D eigenvalue weighted by atomic mass is 9.61. The van der Waals surface area contributed by atoms with Crippen LogP contribution in [0.15, 0.2) is 64.6 Å². The summed E-state index contributed by atoms with van der Waals surface area (Å²) in [7, 11) is -3.77. The Morgan fingerprint density at radius 2 is 1.91 bits per heavy atom. The number of hydrogen-bond acceptors (Lipinski definition) is 5. The molecule has 1 aromatic carbocycles. The predicted octanol–water partition coefficient (Wildman–Crippen LogP) is 5.48. The van der Waals surface area contributed by atoms with Crippen LogP contribution in [-0.4, -0.2) is 37.4 Å². The number of aliphatic hydroxyl groups is 2. The summed E-state index contributed by atoms with van der Waals surface area (Å²) in [6.45, 7) is 10.7. The monoisotopic (exact) mass is 500 g/mol. The first-order chi connectivity index (χ1) is 16.5. The molecule has 4 rings (SSSR count). The van der Waals surface area contributed by atoms with Crippen molar-refractivity contribution in [2.45, 2.75) is 82.8 Å². The van der Waals surface area contributed by atoms with E-state index in [0.29, 0.717) is 24.7 Å². The van der Waals surface area contributed by atoms with Crippen molar-refractivity contribution in [3.8, 4) is 0 Å². The topological polar surface area (TPSA) is 83.8 Å². The number of aliphatic hydroxyl groups excluding tert-OH is 2. The van der Waals surface area contributed by atoms with Gasteiger partial charge in [-0.1, -0.05) is 55.8 Å². The molecule has 6 heteroatoms. The Morgan fingerprint density at radius 3 is 2.63 bits per heavy atom. The Labute approximate surface area is 210 Å². The Balaban J connectivity index is 1.45. The lowest BCUT2D eigenvalue weighted by Crippen LogP contribution is -2.37. The van der Waals surface area contributed by atoms with Gasteiger partial charge in [0.25, 0.3) is 10.1 Å². The van der Waals surface area contributed by atoms with E-state index in [2.05, 4.69) is 32.6 Å². The average molecular weight is 501 g/mol. The van der Waals surface area contributed by atoms with Gasteiger partial charge < -0.3 is 10.2 Å². The second-order valence-corrected chi connectivity index (χ2v) is 12.8. The second-order valence-electron chi connectivity index (χ2n) is 11.2. The summed E-state index contributed by atoms with van der Waals surface area (Å²) in [6, 6.07) is 6.79. The number of hydrogen-bond donors (Lipinski definition) is 2. The minimum absolute atomic E-state index is 0.113. The van der Waals surface area contributed by atoms with Crippen LogP contribution in [0.3, 0.4) is 0 Å². The van der Waals surface area contributed by atoms with Crippen LogP contribution in [-0.2, 0) is 14.3 Å². The third kappa shape index (κ3) is 5.51. The highest BCUT2D eigenvalue weighted by Gasteiger charge is 2.50. The van der Waals surface area contributed by atoms with Gasteiger partial charge in [-0.15, -0.1) is 0 Å². The first-order valence-corrected chi connectivity index (χ1v) is 14.3. The zero-order chi connectivity index (χ0) is 25.4. The van der Waals surface area contributed by atoms with Crippen molar-refractivity contribution in [2.24, 2.45) is 23.2 Å². The second kappa shape index (κ2) is 10.3. The van der Waals surface area contributed by atoms with Crippen LogP contribution in [0.2, 0.25) is 0 Å². The molecule has 0 radical (unpaired) electrons. The molecular formula is C29H40O5S. The molecule has 0 bridgehead atoms. The summed E-state index contributed by atoms with van der Waals surface area (Å²) in [6.07, 6.45) is 9.42. The molecule has 1 aromatic rings. The summed E-state index contributed by atoms with van der Waals surface area (Å²) in [5, 5.41) is 20.2.